The van der Waals surface area contributed by atoms with Gasteiger partial charge in [0.1, 0.15) is 23.6 Å². The highest BCUT2D eigenvalue weighted by atomic mass is 32.1. The molecule has 2 heterocycles. The van der Waals surface area contributed by atoms with Crippen LogP contribution < -0.4 is 19.6 Å². The zero-order valence-corrected chi connectivity index (χ0v) is 19.2. The molecule has 0 spiro atoms. The normalized spacial score (nSPS) is 11.1. The lowest BCUT2D eigenvalue weighted by Gasteiger charge is -2.09. The molecule has 164 valence electrons. The number of benzene rings is 2. The van der Waals surface area contributed by atoms with Crippen LogP contribution in [-0.2, 0) is 0 Å². The maximum Gasteiger partial charge on any atom is 0.167 e. The van der Waals surface area contributed by atoms with Crippen LogP contribution in [0.4, 0.5) is 5.82 Å². The molecule has 0 aliphatic rings. The number of aryl methyl sites for hydroxylation is 1. The Bertz CT molecular complexity index is 1270. The van der Waals surface area contributed by atoms with E-state index in [1.165, 1.54) is 0 Å². The fraction of sp³-hybridized carbons (Fsp3) is 0.208. The van der Waals surface area contributed by atoms with Gasteiger partial charge in [0.05, 0.1) is 37.3 Å². The molecular formula is C24H24N4O3S. The standard InChI is InChI=1S/C24H24N4O3S/c1-5-31-19-9-7-6-8-18(19)22-15(2)21-23(32-22)24(26-14-25-21)28-27-13-16-10-11-17(29-3)12-20(16)30-4/h6-14H,5H2,1-4H3,(H,25,26,28). The number of thiophene rings is 1. The van der Waals surface area contributed by atoms with Crippen molar-refractivity contribution >= 4 is 33.6 Å². The number of aromatic nitrogens is 2. The third kappa shape index (κ3) is 4.22. The highest BCUT2D eigenvalue weighted by molar-refractivity contribution is 7.23. The second kappa shape index (κ2) is 9.65. The average molecular weight is 449 g/mol. The lowest BCUT2D eigenvalue weighted by molar-refractivity contribution is 0.341. The van der Waals surface area contributed by atoms with Gasteiger partial charge in [0.25, 0.3) is 0 Å². The van der Waals surface area contributed by atoms with Crippen LogP contribution in [0.15, 0.2) is 53.9 Å². The first-order valence-corrected chi connectivity index (χ1v) is 10.9. The molecule has 32 heavy (non-hydrogen) atoms. The van der Waals surface area contributed by atoms with Gasteiger partial charge in [-0.1, -0.05) is 12.1 Å². The molecule has 4 aromatic rings. The highest BCUT2D eigenvalue weighted by Crippen LogP contribution is 2.43. The van der Waals surface area contributed by atoms with Crippen LogP contribution in [0.1, 0.15) is 18.1 Å². The number of nitrogens with one attached hydrogen (secondary N) is 1. The van der Waals surface area contributed by atoms with Gasteiger partial charge in [-0.2, -0.15) is 5.10 Å². The van der Waals surface area contributed by atoms with E-state index in [2.05, 4.69) is 33.5 Å². The van der Waals surface area contributed by atoms with E-state index >= 15 is 0 Å². The van der Waals surface area contributed by atoms with Crippen molar-refractivity contribution in [2.24, 2.45) is 5.10 Å². The van der Waals surface area contributed by atoms with Crippen molar-refractivity contribution in [1.29, 1.82) is 0 Å². The van der Waals surface area contributed by atoms with Gasteiger partial charge in [-0.25, -0.2) is 9.97 Å². The van der Waals surface area contributed by atoms with Gasteiger partial charge in [-0.3, -0.25) is 5.43 Å². The Hall–Kier alpha value is -3.65. The molecule has 0 bridgehead atoms. The van der Waals surface area contributed by atoms with E-state index in [0.29, 0.717) is 18.2 Å². The van der Waals surface area contributed by atoms with E-state index in [4.69, 9.17) is 14.2 Å². The van der Waals surface area contributed by atoms with Crippen LogP contribution in [0.2, 0.25) is 0 Å². The summed E-state index contributed by atoms with van der Waals surface area (Å²) in [5, 5.41) is 4.38. The Kier molecular flexibility index (Phi) is 6.51. The summed E-state index contributed by atoms with van der Waals surface area (Å²) in [6.07, 6.45) is 3.24. The van der Waals surface area contributed by atoms with Crippen LogP contribution in [0.25, 0.3) is 20.7 Å². The summed E-state index contributed by atoms with van der Waals surface area (Å²) in [6.45, 7) is 4.66. The Labute approximate surface area is 190 Å². The third-order valence-electron chi connectivity index (χ3n) is 4.95. The van der Waals surface area contributed by atoms with E-state index in [-0.39, 0.29) is 0 Å². The smallest absolute Gasteiger partial charge is 0.167 e. The number of para-hydroxylation sites is 1. The maximum absolute atomic E-state index is 5.84. The Balaban J connectivity index is 1.67. The molecule has 0 fully saturated rings. The van der Waals surface area contributed by atoms with Crippen molar-refractivity contribution in [3.8, 4) is 27.7 Å². The number of hydrogen-bond acceptors (Lipinski definition) is 8. The molecule has 0 unspecified atom stereocenters. The predicted molar refractivity (Wildman–Crippen MR) is 130 cm³/mol. The first-order valence-electron chi connectivity index (χ1n) is 10.1. The van der Waals surface area contributed by atoms with Crippen molar-refractivity contribution in [1.82, 2.24) is 9.97 Å². The van der Waals surface area contributed by atoms with Gasteiger partial charge >= 0.3 is 0 Å². The minimum atomic E-state index is 0.608. The van der Waals surface area contributed by atoms with Crippen molar-refractivity contribution in [3.05, 3.63) is 59.9 Å². The van der Waals surface area contributed by atoms with Crippen molar-refractivity contribution in [3.63, 3.8) is 0 Å². The third-order valence-corrected chi connectivity index (χ3v) is 6.27. The van der Waals surface area contributed by atoms with Crippen LogP contribution in [0.5, 0.6) is 17.2 Å². The molecule has 2 aromatic carbocycles. The molecule has 0 aliphatic carbocycles. The molecule has 0 saturated carbocycles. The number of hydrazone groups is 1. The number of fused-ring (bicyclic) bond motifs is 1. The molecular weight excluding hydrogens is 424 g/mol. The predicted octanol–water partition coefficient (Wildman–Crippen LogP) is 5.53. The molecule has 0 amide bonds. The van der Waals surface area contributed by atoms with Crippen LogP contribution >= 0.6 is 11.3 Å². The number of ether oxygens (including phenoxy) is 3. The van der Waals surface area contributed by atoms with Crippen molar-refractivity contribution < 1.29 is 14.2 Å². The second-order valence-corrected chi connectivity index (χ2v) is 7.88. The zero-order valence-electron chi connectivity index (χ0n) is 18.4. The molecule has 2 aromatic heterocycles. The van der Waals surface area contributed by atoms with Gasteiger partial charge in [0, 0.05) is 22.1 Å². The molecule has 8 heteroatoms. The number of methoxy groups -OCH3 is 2. The SMILES string of the molecule is CCOc1ccccc1-c1sc2c(NN=Cc3ccc(OC)cc3OC)ncnc2c1C. The van der Waals surface area contributed by atoms with Gasteiger partial charge in [0.15, 0.2) is 5.82 Å². The summed E-state index contributed by atoms with van der Waals surface area (Å²) in [7, 11) is 3.23. The van der Waals surface area contributed by atoms with Crippen LogP contribution in [0.3, 0.4) is 0 Å². The highest BCUT2D eigenvalue weighted by Gasteiger charge is 2.17. The number of nitrogens with zero attached hydrogens (tertiary/aromatic N) is 3. The molecule has 0 aliphatic heterocycles. The first kappa shape index (κ1) is 21.6. The van der Waals surface area contributed by atoms with Gasteiger partial charge in [-0.05, 0) is 43.7 Å². The fourth-order valence-corrected chi connectivity index (χ4v) is 4.61. The molecule has 7 nitrogen and oxygen atoms in total. The summed E-state index contributed by atoms with van der Waals surface area (Å²) in [6, 6.07) is 13.6. The molecule has 0 saturated heterocycles. The maximum atomic E-state index is 5.84. The summed E-state index contributed by atoms with van der Waals surface area (Å²) in [5.74, 6) is 2.90. The van der Waals surface area contributed by atoms with Gasteiger partial charge in [-0.15, -0.1) is 11.3 Å². The molecule has 4 rings (SSSR count). The fourth-order valence-electron chi connectivity index (χ4n) is 3.38. The minimum absolute atomic E-state index is 0.608. The van der Waals surface area contributed by atoms with E-state index < -0.39 is 0 Å². The molecule has 1 N–H and O–H groups in total. The Morgan fingerprint density at radius 2 is 1.91 bits per heavy atom. The van der Waals surface area contributed by atoms with E-state index in [0.717, 1.165) is 43.3 Å². The van der Waals surface area contributed by atoms with Crippen molar-refractivity contribution in [2.45, 2.75) is 13.8 Å². The van der Waals surface area contributed by atoms with Gasteiger partial charge in [0.2, 0.25) is 0 Å². The number of rotatable bonds is 8. The quantitative estimate of drug-likeness (QED) is 0.282. The largest absolute Gasteiger partial charge is 0.497 e. The van der Waals surface area contributed by atoms with Crippen LogP contribution in [0, 0.1) is 6.92 Å². The van der Waals surface area contributed by atoms with E-state index in [1.54, 1.807) is 38.1 Å². The molecule has 0 atom stereocenters. The average Bonchev–Trinajstić information content (AvgIpc) is 3.17. The van der Waals surface area contributed by atoms with Gasteiger partial charge < -0.3 is 14.2 Å². The Morgan fingerprint density at radius 3 is 2.69 bits per heavy atom. The second-order valence-electron chi connectivity index (χ2n) is 6.86. The summed E-state index contributed by atoms with van der Waals surface area (Å²) in [4.78, 5) is 10.0. The lowest BCUT2D eigenvalue weighted by atomic mass is 10.1. The topological polar surface area (TPSA) is 77.9 Å². The lowest BCUT2D eigenvalue weighted by Crippen LogP contribution is -1.97. The number of hydrogen-bond donors (Lipinski definition) is 1. The summed E-state index contributed by atoms with van der Waals surface area (Å²) in [5.41, 5.74) is 6.91. The zero-order chi connectivity index (χ0) is 22.5. The summed E-state index contributed by atoms with van der Waals surface area (Å²) < 4.78 is 17.4. The Morgan fingerprint density at radius 1 is 1.06 bits per heavy atom. The first-order chi connectivity index (χ1) is 15.7. The van der Waals surface area contributed by atoms with E-state index in [1.807, 2.05) is 43.3 Å². The number of anilines is 1. The minimum Gasteiger partial charge on any atom is -0.497 e. The summed E-state index contributed by atoms with van der Waals surface area (Å²) >= 11 is 1.62. The van der Waals surface area contributed by atoms with Crippen molar-refractivity contribution in [2.75, 3.05) is 26.3 Å². The van der Waals surface area contributed by atoms with E-state index in [9.17, 15) is 0 Å². The monoisotopic (exact) mass is 448 g/mol. The van der Waals surface area contributed by atoms with Crippen LogP contribution in [-0.4, -0.2) is 37.0 Å². The molecule has 0 radical (unpaired) electrons.